The number of hydrogen-bond donors (Lipinski definition) is 1. The first kappa shape index (κ1) is 20.0. The van der Waals surface area contributed by atoms with Crippen molar-refractivity contribution in [3.63, 3.8) is 0 Å². The topological polar surface area (TPSA) is 113 Å². The van der Waals surface area contributed by atoms with E-state index in [0.717, 1.165) is 28.9 Å². The number of fused-ring (bicyclic) bond motifs is 7. The van der Waals surface area contributed by atoms with Crippen molar-refractivity contribution in [2.45, 2.75) is 38.3 Å². The molecule has 0 aromatic heterocycles. The molecular formula is C24H22N4O5. The van der Waals surface area contributed by atoms with Crippen LogP contribution in [-0.2, 0) is 19.9 Å². The third-order valence-corrected chi connectivity index (χ3v) is 7.79. The van der Waals surface area contributed by atoms with Crippen molar-refractivity contribution >= 4 is 34.8 Å². The van der Waals surface area contributed by atoms with Crippen LogP contribution in [0.4, 0.5) is 17.1 Å². The van der Waals surface area contributed by atoms with Crippen molar-refractivity contribution in [2.75, 3.05) is 16.8 Å². The molecule has 2 aromatic rings. The van der Waals surface area contributed by atoms with Crippen LogP contribution in [-0.4, -0.2) is 40.1 Å². The Morgan fingerprint density at radius 2 is 1.88 bits per heavy atom. The Labute approximate surface area is 189 Å². The van der Waals surface area contributed by atoms with Crippen LogP contribution in [0.2, 0.25) is 0 Å². The molecule has 1 N–H and O–H groups in total. The molecule has 4 heterocycles. The quantitative estimate of drug-likeness (QED) is 0.431. The van der Waals surface area contributed by atoms with Crippen molar-refractivity contribution in [2.24, 2.45) is 11.8 Å². The van der Waals surface area contributed by atoms with Crippen molar-refractivity contribution < 1.29 is 19.3 Å². The van der Waals surface area contributed by atoms with Gasteiger partial charge in [0.2, 0.25) is 17.7 Å². The Balaban J connectivity index is 1.56. The van der Waals surface area contributed by atoms with Gasteiger partial charge < -0.3 is 5.32 Å². The molecule has 0 bridgehead atoms. The number of nitro benzene ring substituents is 1. The second-order valence-electron chi connectivity index (χ2n) is 9.42. The predicted octanol–water partition coefficient (Wildman–Crippen LogP) is 2.64. The summed E-state index contributed by atoms with van der Waals surface area (Å²) in [5, 5.41) is 14.3. The summed E-state index contributed by atoms with van der Waals surface area (Å²) in [6.07, 6.45) is 1.56. The van der Waals surface area contributed by atoms with Gasteiger partial charge >= 0.3 is 0 Å². The molecule has 3 amide bonds. The average Bonchev–Trinajstić information content (AvgIpc) is 3.47. The summed E-state index contributed by atoms with van der Waals surface area (Å²) >= 11 is 0. The van der Waals surface area contributed by atoms with Crippen LogP contribution in [0.15, 0.2) is 36.4 Å². The van der Waals surface area contributed by atoms with Gasteiger partial charge in [-0.05, 0) is 44.9 Å². The number of non-ortho nitro benzene ring substituents is 1. The molecule has 6 rings (SSSR count). The average molecular weight is 446 g/mol. The zero-order chi connectivity index (χ0) is 23.2. The van der Waals surface area contributed by atoms with Gasteiger partial charge in [0.05, 0.1) is 22.4 Å². The number of nitrogens with one attached hydrogen (secondary N) is 1. The molecule has 3 saturated heterocycles. The Kier molecular flexibility index (Phi) is 3.93. The van der Waals surface area contributed by atoms with E-state index >= 15 is 0 Å². The minimum Gasteiger partial charge on any atom is -0.324 e. The molecule has 0 radical (unpaired) electrons. The molecule has 2 aromatic carbocycles. The maximum Gasteiger partial charge on any atom is 0.271 e. The summed E-state index contributed by atoms with van der Waals surface area (Å²) in [5.74, 6) is -2.67. The number of carbonyl (C=O) groups is 3. The number of anilines is 2. The molecule has 4 aliphatic heterocycles. The van der Waals surface area contributed by atoms with E-state index in [1.807, 2.05) is 25.1 Å². The summed E-state index contributed by atoms with van der Waals surface area (Å²) in [6, 6.07) is 9.64. The van der Waals surface area contributed by atoms with Crippen molar-refractivity contribution in [1.29, 1.82) is 0 Å². The number of nitrogens with zero attached hydrogens (tertiary/aromatic N) is 3. The van der Waals surface area contributed by atoms with Crippen molar-refractivity contribution in [3.8, 4) is 0 Å². The van der Waals surface area contributed by atoms with E-state index in [4.69, 9.17) is 0 Å². The lowest BCUT2D eigenvalue weighted by Gasteiger charge is -2.36. The Bertz CT molecular complexity index is 1290. The van der Waals surface area contributed by atoms with E-state index in [9.17, 15) is 24.5 Å². The molecule has 0 saturated carbocycles. The summed E-state index contributed by atoms with van der Waals surface area (Å²) in [7, 11) is 0. The van der Waals surface area contributed by atoms with Crippen LogP contribution >= 0.6 is 0 Å². The standard InChI is InChI=1S/C24H22N4O5/c1-12-5-8-16-15(10-12)24(23(31)25-16)20-19(17-4-3-9-26(17)24)21(29)27(22(20)30)18-11-14(28(32)33)7-6-13(18)2/h5-8,10-11,17,19-20H,3-4,9H2,1-2H3,(H,25,31)/t17-,19+,20+,24-/m1/s1. The van der Waals surface area contributed by atoms with Gasteiger partial charge in [0, 0.05) is 29.4 Å². The molecule has 0 aliphatic carbocycles. The van der Waals surface area contributed by atoms with Crippen LogP contribution in [0.1, 0.15) is 29.5 Å². The Morgan fingerprint density at radius 3 is 2.64 bits per heavy atom. The summed E-state index contributed by atoms with van der Waals surface area (Å²) in [5.41, 5.74) is 1.75. The molecule has 3 fully saturated rings. The molecule has 4 aliphatic rings. The zero-order valence-corrected chi connectivity index (χ0v) is 18.2. The summed E-state index contributed by atoms with van der Waals surface area (Å²) in [4.78, 5) is 55.4. The van der Waals surface area contributed by atoms with E-state index in [1.165, 1.54) is 12.1 Å². The van der Waals surface area contributed by atoms with Crippen molar-refractivity contribution in [3.05, 3.63) is 63.2 Å². The maximum absolute atomic E-state index is 14.0. The monoisotopic (exact) mass is 446 g/mol. The highest BCUT2D eigenvalue weighted by Crippen LogP contribution is 2.60. The maximum atomic E-state index is 14.0. The number of benzene rings is 2. The lowest BCUT2D eigenvalue weighted by Crippen LogP contribution is -2.54. The highest BCUT2D eigenvalue weighted by Gasteiger charge is 2.74. The fourth-order valence-electron chi connectivity index (χ4n) is 6.51. The van der Waals surface area contributed by atoms with Gasteiger partial charge in [-0.3, -0.25) is 29.4 Å². The smallest absolute Gasteiger partial charge is 0.271 e. The van der Waals surface area contributed by atoms with E-state index in [1.54, 1.807) is 13.0 Å². The van der Waals surface area contributed by atoms with Gasteiger partial charge in [-0.1, -0.05) is 23.8 Å². The van der Waals surface area contributed by atoms with Crippen LogP contribution in [0.5, 0.6) is 0 Å². The van der Waals surface area contributed by atoms with Gasteiger partial charge in [0.1, 0.15) is 5.54 Å². The van der Waals surface area contributed by atoms with Crippen LogP contribution in [0.3, 0.4) is 0 Å². The molecule has 9 nitrogen and oxygen atoms in total. The van der Waals surface area contributed by atoms with Gasteiger partial charge in [-0.2, -0.15) is 0 Å². The number of nitro groups is 1. The minimum atomic E-state index is -1.25. The largest absolute Gasteiger partial charge is 0.324 e. The highest BCUT2D eigenvalue weighted by atomic mass is 16.6. The fourth-order valence-corrected chi connectivity index (χ4v) is 6.51. The third-order valence-electron chi connectivity index (χ3n) is 7.79. The number of carbonyl (C=O) groups excluding carboxylic acids is 3. The number of rotatable bonds is 2. The van der Waals surface area contributed by atoms with E-state index in [0.29, 0.717) is 17.8 Å². The van der Waals surface area contributed by atoms with Gasteiger partial charge in [0.15, 0.2) is 0 Å². The Hall–Kier alpha value is -3.59. The first-order valence-electron chi connectivity index (χ1n) is 11.1. The number of amides is 3. The van der Waals surface area contributed by atoms with Crippen LogP contribution < -0.4 is 10.2 Å². The van der Waals surface area contributed by atoms with Gasteiger partial charge in [-0.15, -0.1) is 0 Å². The molecule has 168 valence electrons. The number of hydrogen-bond acceptors (Lipinski definition) is 6. The first-order chi connectivity index (χ1) is 15.8. The van der Waals surface area contributed by atoms with E-state index in [2.05, 4.69) is 10.2 Å². The first-order valence-corrected chi connectivity index (χ1v) is 11.1. The highest BCUT2D eigenvalue weighted by molar-refractivity contribution is 6.26. The predicted molar refractivity (Wildman–Crippen MR) is 119 cm³/mol. The lowest BCUT2D eigenvalue weighted by molar-refractivity contribution is -0.384. The SMILES string of the molecule is Cc1ccc2c(c1)[C@]1(C(=O)N2)[C@@H]2C(=O)N(c3cc([N+](=O)[O-])ccc3C)C(=O)[C@H]2[C@H]2CCCN21. The zero-order valence-electron chi connectivity index (χ0n) is 18.2. The lowest BCUT2D eigenvalue weighted by atomic mass is 9.75. The molecule has 0 unspecified atom stereocenters. The Morgan fingerprint density at radius 1 is 1.09 bits per heavy atom. The van der Waals surface area contributed by atoms with E-state index < -0.39 is 28.2 Å². The van der Waals surface area contributed by atoms with Gasteiger partial charge in [0.25, 0.3) is 5.69 Å². The van der Waals surface area contributed by atoms with Crippen LogP contribution in [0.25, 0.3) is 0 Å². The molecule has 9 heteroatoms. The van der Waals surface area contributed by atoms with Crippen LogP contribution in [0, 0.1) is 35.8 Å². The molecule has 1 spiro atoms. The third kappa shape index (κ3) is 2.32. The van der Waals surface area contributed by atoms with Crippen molar-refractivity contribution in [1.82, 2.24) is 4.90 Å². The number of aryl methyl sites for hydroxylation is 2. The summed E-state index contributed by atoms with van der Waals surface area (Å²) < 4.78 is 0. The molecule has 4 atom stereocenters. The second-order valence-corrected chi connectivity index (χ2v) is 9.42. The molecular weight excluding hydrogens is 424 g/mol. The second kappa shape index (κ2) is 6.48. The minimum absolute atomic E-state index is 0.190. The summed E-state index contributed by atoms with van der Waals surface area (Å²) in [6.45, 7) is 4.28. The van der Waals surface area contributed by atoms with E-state index in [-0.39, 0.29) is 29.2 Å². The normalized spacial score (nSPS) is 30.1. The van der Waals surface area contributed by atoms with Gasteiger partial charge in [-0.25, -0.2) is 4.90 Å². The molecule has 33 heavy (non-hydrogen) atoms. The number of imide groups is 1. The fraction of sp³-hybridized carbons (Fsp3) is 0.375.